The molecular weight excluding hydrogens is 174 g/mol. The van der Waals surface area contributed by atoms with Gasteiger partial charge in [0.25, 0.3) is 0 Å². The standard InChI is InChI=1S/C11H19N3/c1-3-10-5-4-9(2)14(8-10)11-12-6-7-13-11/h6-7,9-10H,3-5,8H2,1-2H3,(H,12,13). The third kappa shape index (κ3) is 1.76. The molecule has 2 unspecified atom stereocenters. The molecule has 1 saturated heterocycles. The summed E-state index contributed by atoms with van der Waals surface area (Å²) < 4.78 is 0. The van der Waals surface area contributed by atoms with Crippen molar-refractivity contribution in [2.24, 2.45) is 5.92 Å². The molecule has 3 nitrogen and oxygen atoms in total. The Balaban J connectivity index is 2.09. The predicted molar refractivity (Wildman–Crippen MR) is 58.4 cm³/mol. The average Bonchev–Trinajstić information content (AvgIpc) is 2.71. The van der Waals surface area contributed by atoms with Gasteiger partial charge >= 0.3 is 0 Å². The first kappa shape index (κ1) is 9.56. The molecule has 0 radical (unpaired) electrons. The van der Waals surface area contributed by atoms with Crippen molar-refractivity contribution in [2.75, 3.05) is 11.4 Å². The van der Waals surface area contributed by atoms with Crippen LogP contribution in [-0.4, -0.2) is 22.6 Å². The lowest BCUT2D eigenvalue weighted by Gasteiger charge is -2.37. The minimum atomic E-state index is 0.629. The number of H-pyrrole nitrogens is 1. The van der Waals surface area contributed by atoms with Crippen LogP contribution in [0.25, 0.3) is 0 Å². The highest BCUT2D eigenvalue weighted by atomic mass is 15.3. The first-order chi connectivity index (χ1) is 6.81. The van der Waals surface area contributed by atoms with Gasteiger partial charge in [0.05, 0.1) is 0 Å². The number of hydrogen-bond acceptors (Lipinski definition) is 2. The van der Waals surface area contributed by atoms with Crippen molar-refractivity contribution in [3.8, 4) is 0 Å². The van der Waals surface area contributed by atoms with Gasteiger partial charge in [-0.2, -0.15) is 0 Å². The molecule has 0 bridgehead atoms. The third-order valence-electron chi connectivity index (χ3n) is 3.31. The highest BCUT2D eigenvalue weighted by Gasteiger charge is 2.25. The van der Waals surface area contributed by atoms with E-state index >= 15 is 0 Å². The van der Waals surface area contributed by atoms with Gasteiger partial charge in [0, 0.05) is 25.0 Å². The van der Waals surface area contributed by atoms with E-state index in [4.69, 9.17) is 0 Å². The Kier molecular flexibility index (Phi) is 2.75. The van der Waals surface area contributed by atoms with Crippen LogP contribution in [-0.2, 0) is 0 Å². The highest BCUT2D eigenvalue weighted by Crippen LogP contribution is 2.26. The first-order valence-corrected chi connectivity index (χ1v) is 5.57. The molecule has 1 fully saturated rings. The van der Waals surface area contributed by atoms with Crippen LogP contribution in [0.1, 0.15) is 33.1 Å². The van der Waals surface area contributed by atoms with E-state index in [1.54, 1.807) is 0 Å². The first-order valence-electron chi connectivity index (χ1n) is 5.57. The average molecular weight is 193 g/mol. The number of piperidine rings is 1. The summed E-state index contributed by atoms with van der Waals surface area (Å²) in [5.74, 6) is 1.88. The lowest BCUT2D eigenvalue weighted by molar-refractivity contribution is 0.356. The molecule has 0 spiro atoms. The van der Waals surface area contributed by atoms with Gasteiger partial charge in [0.1, 0.15) is 0 Å². The molecule has 3 heteroatoms. The van der Waals surface area contributed by atoms with E-state index in [-0.39, 0.29) is 0 Å². The molecule has 0 aliphatic carbocycles. The monoisotopic (exact) mass is 193 g/mol. The number of imidazole rings is 1. The van der Waals surface area contributed by atoms with E-state index in [0.29, 0.717) is 6.04 Å². The van der Waals surface area contributed by atoms with Crippen molar-refractivity contribution in [1.82, 2.24) is 9.97 Å². The third-order valence-corrected chi connectivity index (χ3v) is 3.31. The van der Waals surface area contributed by atoms with Gasteiger partial charge in [-0.25, -0.2) is 4.98 Å². The summed E-state index contributed by atoms with van der Waals surface area (Å²) in [5, 5.41) is 0. The second-order valence-corrected chi connectivity index (χ2v) is 4.27. The zero-order chi connectivity index (χ0) is 9.97. The summed E-state index contributed by atoms with van der Waals surface area (Å²) in [6.07, 6.45) is 7.67. The van der Waals surface area contributed by atoms with Crippen molar-refractivity contribution in [2.45, 2.75) is 39.2 Å². The second-order valence-electron chi connectivity index (χ2n) is 4.27. The molecule has 0 amide bonds. The van der Waals surface area contributed by atoms with E-state index in [2.05, 4.69) is 28.7 Å². The van der Waals surface area contributed by atoms with Crippen LogP contribution in [0.5, 0.6) is 0 Å². The van der Waals surface area contributed by atoms with E-state index < -0.39 is 0 Å². The molecule has 0 aromatic carbocycles. The summed E-state index contributed by atoms with van der Waals surface area (Å²) in [4.78, 5) is 9.93. The zero-order valence-electron chi connectivity index (χ0n) is 9.03. The minimum absolute atomic E-state index is 0.629. The van der Waals surface area contributed by atoms with Gasteiger partial charge in [0.15, 0.2) is 0 Å². The minimum Gasteiger partial charge on any atom is -0.339 e. The quantitative estimate of drug-likeness (QED) is 0.782. The lowest BCUT2D eigenvalue weighted by atomic mass is 9.92. The fourth-order valence-electron chi connectivity index (χ4n) is 2.22. The molecule has 0 saturated carbocycles. The second kappa shape index (κ2) is 4.03. The summed E-state index contributed by atoms with van der Waals surface area (Å²) >= 11 is 0. The van der Waals surface area contributed by atoms with Crippen LogP contribution in [0.4, 0.5) is 5.95 Å². The Hall–Kier alpha value is -0.990. The van der Waals surface area contributed by atoms with Crippen LogP contribution >= 0.6 is 0 Å². The molecule has 1 N–H and O–H groups in total. The smallest absolute Gasteiger partial charge is 0.202 e. The molecule has 78 valence electrons. The molecule has 2 rings (SSSR count). The number of aromatic amines is 1. The fourth-order valence-corrected chi connectivity index (χ4v) is 2.22. The topological polar surface area (TPSA) is 31.9 Å². The van der Waals surface area contributed by atoms with Gasteiger partial charge in [-0.3, -0.25) is 0 Å². The lowest BCUT2D eigenvalue weighted by Crippen LogP contribution is -2.42. The van der Waals surface area contributed by atoms with Gasteiger partial charge in [-0.05, 0) is 25.7 Å². The predicted octanol–water partition coefficient (Wildman–Crippen LogP) is 2.42. The maximum absolute atomic E-state index is 4.33. The molecule has 1 aromatic heterocycles. The Bertz CT molecular complexity index is 268. The van der Waals surface area contributed by atoms with Gasteiger partial charge in [-0.1, -0.05) is 13.3 Å². The number of hydrogen-bond donors (Lipinski definition) is 1. The number of rotatable bonds is 2. The van der Waals surface area contributed by atoms with Gasteiger partial charge < -0.3 is 9.88 Å². The number of nitrogens with one attached hydrogen (secondary N) is 1. The van der Waals surface area contributed by atoms with Crippen molar-refractivity contribution < 1.29 is 0 Å². The molecule has 1 aromatic rings. The SMILES string of the molecule is CCC1CCC(C)N(c2ncc[nH]2)C1. The van der Waals surface area contributed by atoms with Crippen LogP contribution in [0.2, 0.25) is 0 Å². The summed E-state index contributed by atoms with van der Waals surface area (Å²) in [6, 6.07) is 0.629. The van der Waals surface area contributed by atoms with Crippen LogP contribution in [0.15, 0.2) is 12.4 Å². The van der Waals surface area contributed by atoms with Gasteiger partial charge in [0.2, 0.25) is 5.95 Å². The molecule has 1 aliphatic heterocycles. The van der Waals surface area contributed by atoms with Crippen molar-refractivity contribution in [3.05, 3.63) is 12.4 Å². The summed E-state index contributed by atoms with van der Waals surface area (Å²) in [7, 11) is 0. The summed E-state index contributed by atoms with van der Waals surface area (Å²) in [6.45, 7) is 5.72. The van der Waals surface area contributed by atoms with E-state index in [0.717, 1.165) is 18.4 Å². The molecular formula is C11H19N3. The van der Waals surface area contributed by atoms with E-state index in [9.17, 15) is 0 Å². The number of nitrogens with zero attached hydrogens (tertiary/aromatic N) is 2. The van der Waals surface area contributed by atoms with Gasteiger partial charge in [-0.15, -0.1) is 0 Å². The Morgan fingerprint density at radius 1 is 1.57 bits per heavy atom. The van der Waals surface area contributed by atoms with Crippen LogP contribution < -0.4 is 4.90 Å². The Labute approximate surface area is 85.5 Å². The molecule has 2 atom stereocenters. The van der Waals surface area contributed by atoms with Crippen molar-refractivity contribution >= 4 is 5.95 Å². The van der Waals surface area contributed by atoms with Crippen LogP contribution in [0.3, 0.4) is 0 Å². The molecule has 2 heterocycles. The zero-order valence-corrected chi connectivity index (χ0v) is 9.03. The maximum atomic E-state index is 4.33. The molecule has 14 heavy (non-hydrogen) atoms. The fraction of sp³-hybridized carbons (Fsp3) is 0.727. The Morgan fingerprint density at radius 2 is 2.43 bits per heavy atom. The normalized spacial score (nSPS) is 28.0. The van der Waals surface area contributed by atoms with Crippen molar-refractivity contribution in [1.29, 1.82) is 0 Å². The van der Waals surface area contributed by atoms with E-state index in [1.807, 2.05) is 12.4 Å². The number of aromatic nitrogens is 2. The van der Waals surface area contributed by atoms with Crippen LogP contribution in [0, 0.1) is 5.92 Å². The largest absolute Gasteiger partial charge is 0.339 e. The summed E-state index contributed by atoms with van der Waals surface area (Å²) in [5.41, 5.74) is 0. The maximum Gasteiger partial charge on any atom is 0.202 e. The molecule has 1 aliphatic rings. The highest BCUT2D eigenvalue weighted by molar-refractivity contribution is 5.31. The van der Waals surface area contributed by atoms with Crippen molar-refractivity contribution in [3.63, 3.8) is 0 Å². The number of anilines is 1. The Morgan fingerprint density at radius 3 is 3.07 bits per heavy atom. The van der Waals surface area contributed by atoms with E-state index in [1.165, 1.54) is 19.3 Å².